The number of fused-ring (bicyclic) bond motifs is 1. The number of hydrogen-bond acceptors (Lipinski definition) is 2. The van der Waals surface area contributed by atoms with E-state index in [1.54, 1.807) is 0 Å². The smallest absolute Gasteiger partial charge is 0.119 e. The van der Waals surface area contributed by atoms with Crippen LogP contribution in [0.15, 0.2) is 18.3 Å². The summed E-state index contributed by atoms with van der Waals surface area (Å²) in [5.74, 6) is 0.359. The van der Waals surface area contributed by atoms with Crippen molar-refractivity contribution >= 4 is 10.9 Å². The van der Waals surface area contributed by atoms with E-state index in [0.29, 0.717) is 18.3 Å². The molecular weight excluding hydrogens is 212 g/mol. The fourth-order valence-electron chi connectivity index (χ4n) is 2.24. The van der Waals surface area contributed by atoms with Crippen molar-refractivity contribution in [2.75, 3.05) is 6.54 Å². The van der Waals surface area contributed by atoms with E-state index in [9.17, 15) is 5.11 Å². The van der Waals surface area contributed by atoms with Gasteiger partial charge in [0.25, 0.3) is 0 Å². The molecule has 1 aromatic heterocycles. The molecule has 0 radical (unpaired) electrons. The van der Waals surface area contributed by atoms with Crippen molar-refractivity contribution in [2.45, 2.75) is 33.2 Å². The van der Waals surface area contributed by atoms with E-state index < -0.39 is 0 Å². The Kier molecular flexibility index (Phi) is 3.11. The highest BCUT2D eigenvalue weighted by molar-refractivity contribution is 5.86. The minimum Gasteiger partial charge on any atom is -0.508 e. The third kappa shape index (κ3) is 2.03. The molecule has 0 aliphatic heterocycles. The molecule has 1 aromatic carbocycles. The number of nitrogens with two attached hydrogens (primary N) is 1. The molecule has 0 saturated heterocycles. The van der Waals surface area contributed by atoms with Crippen molar-refractivity contribution in [2.24, 2.45) is 5.73 Å². The Hall–Kier alpha value is -1.48. The summed E-state index contributed by atoms with van der Waals surface area (Å²) in [6.45, 7) is 6.88. The summed E-state index contributed by atoms with van der Waals surface area (Å²) in [6.07, 6.45) is 3.00. The van der Waals surface area contributed by atoms with Gasteiger partial charge in [-0.1, -0.05) is 0 Å². The second-order valence-electron chi connectivity index (χ2n) is 4.85. The Morgan fingerprint density at radius 1 is 1.35 bits per heavy atom. The maximum atomic E-state index is 9.82. The number of benzene rings is 1. The molecule has 0 amide bonds. The van der Waals surface area contributed by atoms with E-state index in [2.05, 4.69) is 24.6 Å². The van der Waals surface area contributed by atoms with Crippen molar-refractivity contribution in [3.8, 4) is 5.75 Å². The van der Waals surface area contributed by atoms with E-state index in [-0.39, 0.29) is 0 Å². The zero-order valence-corrected chi connectivity index (χ0v) is 10.7. The standard InChI is InChI=1S/C14H20N2O/c1-9(2)16-8-11(4-5-15)12-7-14(17)10(3)6-13(12)16/h6-9,17H,4-5,15H2,1-3H3. The van der Waals surface area contributed by atoms with Crippen LogP contribution < -0.4 is 5.73 Å². The van der Waals surface area contributed by atoms with Gasteiger partial charge in [-0.15, -0.1) is 0 Å². The summed E-state index contributed by atoms with van der Waals surface area (Å²) >= 11 is 0. The van der Waals surface area contributed by atoms with Crippen LogP contribution in [-0.4, -0.2) is 16.2 Å². The van der Waals surface area contributed by atoms with Crippen LogP contribution in [0.1, 0.15) is 31.0 Å². The van der Waals surface area contributed by atoms with Crippen molar-refractivity contribution in [3.63, 3.8) is 0 Å². The molecule has 2 aromatic rings. The molecule has 3 nitrogen and oxygen atoms in total. The van der Waals surface area contributed by atoms with Gasteiger partial charge >= 0.3 is 0 Å². The average Bonchev–Trinajstić information content (AvgIpc) is 2.59. The minimum absolute atomic E-state index is 0.359. The first-order valence-corrected chi connectivity index (χ1v) is 6.07. The van der Waals surface area contributed by atoms with Crippen LogP contribution in [-0.2, 0) is 6.42 Å². The summed E-state index contributed by atoms with van der Waals surface area (Å²) in [5, 5.41) is 10.9. The molecule has 0 aliphatic carbocycles. The van der Waals surface area contributed by atoms with Gasteiger partial charge in [0, 0.05) is 23.1 Å². The lowest BCUT2D eigenvalue weighted by Crippen LogP contribution is -2.02. The van der Waals surface area contributed by atoms with Crippen LogP contribution in [0.3, 0.4) is 0 Å². The molecule has 2 rings (SSSR count). The predicted octanol–water partition coefficient (Wildman–Crippen LogP) is 2.74. The monoisotopic (exact) mass is 232 g/mol. The van der Waals surface area contributed by atoms with Crippen LogP contribution >= 0.6 is 0 Å². The Balaban J connectivity index is 2.72. The highest BCUT2D eigenvalue weighted by atomic mass is 16.3. The van der Waals surface area contributed by atoms with Gasteiger partial charge in [0.05, 0.1) is 0 Å². The topological polar surface area (TPSA) is 51.2 Å². The predicted molar refractivity (Wildman–Crippen MR) is 71.5 cm³/mol. The first-order chi connectivity index (χ1) is 8.04. The van der Waals surface area contributed by atoms with Gasteiger partial charge in [-0.25, -0.2) is 0 Å². The van der Waals surface area contributed by atoms with E-state index >= 15 is 0 Å². The molecule has 1 heterocycles. The van der Waals surface area contributed by atoms with Crippen LogP contribution in [0, 0.1) is 6.92 Å². The molecule has 0 unspecified atom stereocenters. The maximum absolute atomic E-state index is 9.82. The van der Waals surface area contributed by atoms with Crippen molar-refractivity contribution in [3.05, 3.63) is 29.5 Å². The molecule has 0 bridgehead atoms. The van der Waals surface area contributed by atoms with Crippen LogP contribution in [0.2, 0.25) is 0 Å². The van der Waals surface area contributed by atoms with Gasteiger partial charge < -0.3 is 15.4 Å². The minimum atomic E-state index is 0.359. The van der Waals surface area contributed by atoms with E-state index in [4.69, 9.17) is 5.73 Å². The van der Waals surface area contributed by atoms with Gasteiger partial charge in [0.15, 0.2) is 0 Å². The second kappa shape index (κ2) is 4.41. The number of nitrogens with zero attached hydrogens (tertiary/aromatic N) is 1. The zero-order chi connectivity index (χ0) is 12.6. The third-order valence-corrected chi connectivity index (χ3v) is 3.20. The SMILES string of the molecule is Cc1cc2c(cc1O)c(CCN)cn2C(C)C. The largest absolute Gasteiger partial charge is 0.508 e. The lowest BCUT2D eigenvalue weighted by Gasteiger charge is -2.09. The number of rotatable bonds is 3. The van der Waals surface area contributed by atoms with Gasteiger partial charge in [-0.2, -0.15) is 0 Å². The number of hydrogen-bond donors (Lipinski definition) is 2. The number of aryl methyl sites for hydroxylation is 1. The quantitative estimate of drug-likeness (QED) is 0.855. The molecule has 92 valence electrons. The van der Waals surface area contributed by atoms with Crippen molar-refractivity contribution < 1.29 is 5.11 Å². The van der Waals surface area contributed by atoms with Crippen molar-refractivity contribution in [1.82, 2.24) is 4.57 Å². The van der Waals surface area contributed by atoms with E-state index in [0.717, 1.165) is 17.4 Å². The first kappa shape index (κ1) is 12.0. The molecule has 3 N–H and O–H groups in total. The summed E-state index contributed by atoms with van der Waals surface area (Å²) in [7, 11) is 0. The van der Waals surface area contributed by atoms with Crippen LogP contribution in [0.25, 0.3) is 10.9 Å². The van der Waals surface area contributed by atoms with Gasteiger partial charge in [0.2, 0.25) is 0 Å². The fourth-order valence-corrected chi connectivity index (χ4v) is 2.24. The molecule has 0 atom stereocenters. The summed E-state index contributed by atoms with van der Waals surface area (Å²) in [4.78, 5) is 0. The number of phenols is 1. The lowest BCUT2D eigenvalue weighted by molar-refractivity contribution is 0.472. The van der Waals surface area contributed by atoms with Gasteiger partial charge in [-0.3, -0.25) is 0 Å². The van der Waals surface area contributed by atoms with Crippen LogP contribution in [0.5, 0.6) is 5.75 Å². The Bertz CT molecular complexity index is 541. The van der Waals surface area contributed by atoms with Gasteiger partial charge in [0.1, 0.15) is 5.75 Å². The Morgan fingerprint density at radius 2 is 2.06 bits per heavy atom. The summed E-state index contributed by atoms with van der Waals surface area (Å²) < 4.78 is 2.24. The van der Waals surface area contributed by atoms with Crippen molar-refractivity contribution in [1.29, 1.82) is 0 Å². The highest BCUT2D eigenvalue weighted by Crippen LogP contribution is 2.30. The van der Waals surface area contributed by atoms with E-state index in [1.807, 2.05) is 19.1 Å². The first-order valence-electron chi connectivity index (χ1n) is 6.07. The molecule has 0 aliphatic rings. The fraction of sp³-hybridized carbons (Fsp3) is 0.429. The average molecular weight is 232 g/mol. The molecule has 17 heavy (non-hydrogen) atoms. The summed E-state index contributed by atoms with van der Waals surface area (Å²) in [6, 6.07) is 4.31. The zero-order valence-electron chi connectivity index (χ0n) is 10.7. The molecule has 0 spiro atoms. The van der Waals surface area contributed by atoms with Crippen LogP contribution in [0.4, 0.5) is 0 Å². The Labute approximate surface area is 102 Å². The Morgan fingerprint density at radius 3 is 2.65 bits per heavy atom. The summed E-state index contributed by atoms with van der Waals surface area (Å²) in [5.41, 5.74) is 8.94. The van der Waals surface area contributed by atoms with Gasteiger partial charge in [-0.05, 0) is 57.0 Å². The number of phenolic OH excluding ortho intramolecular Hbond substituents is 1. The molecule has 0 fully saturated rings. The van der Waals surface area contributed by atoms with E-state index in [1.165, 1.54) is 11.1 Å². The highest BCUT2D eigenvalue weighted by Gasteiger charge is 2.12. The maximum Gasteiger partial charge on any atom is 0.119 e. The second-order valence-corrected chi connectivity index (χ2v) is 4.85. The molecular formula is C14H20N2O. The lowest BCUT2D eigenvalue weighted by atomic mass is 10.1. The molecule has 0 saturated carbocycles. The molecule has 3 heteroatoms. The number of aromatic hydroxyl groups is 1. The third-order valence-electron chi connectivity index (χ3n) is 3.20. The number of aromatic nitrogens is 1. The normalized spacial score (nSPS) is 11.6.